The Bertz CT molecular complexity index is 1150. The molecule has 8 heteroatoms. The Morgan fingerprint density at radius 3 is 2.17 bits per heavy atom. The summed E-state index contributed by atoms with van der Waals surface area (Å²) in [6.45, 7) is 5.31. The quantitative estimate of drug-likeness (QED) is 0.388. The van der Waals surface area contributed by atoms with Crippen molar-refractivity contribution in [1.29, 1.82) is 0 Å². The van der Waals surface area contributed by atoms with E-state index in [9.17, 15) is 19.5 Å². The molecule has 3 amide bonds. The highest BCUT2D eigenvalue weighted by Gasteiger charge is 2.43. The largest absolute Gasteiger partial charge is 0.508 e. The van der Waals surface area contributed by atoms with Gasteiger partial charge in [0.15, 0.2) is 0 Å². The van der Waals surface area contributed by atoms with Crippen LogP contribution < -0.4 is 10.6 Å². The van der Waals surface area contributed by atoms with Gasteiger partial charge in [0.05, 0.1) is 0 Å². The zero-order valence-corrected chi connectivity index (χ0v) is 23.9. The standard InChI is InChI=1S/C32H43N3O5/c1-32(2,3)40-31(39)34-26(21-22-13-6-4-7-14-22)30(38)35(24-17-12-18-24)28(25-19-10-11-20-27(25)36)29(37)33-23-15-8-5-9-16-23/h4,6-7,10-11,13-14,19-20,23-24,26,28,36H,5,8-9,12,15-18,21H2,1-3H3,(H,33,37)(H,34,39). The zero-order chi connectivity index (χ0) is 28.7. The molecule has 0 radical (unpaired) electrons. The molecule has 2 saturated carbocycles. The summed E-state index contributed by atoms with van der Waals surface area (Å²) in [5.41, 5.74) is 0.513. The van der Waals surface area contributed by atoms with E-state index in [0.29, 0.717) is 5.56 Å². The van der Waals surface area contributed by atoms with Gasteiger partial charge in [0.25, 0.3) is 0 Å². The van der Waals surface area contributed by atoms with Crippen LogP contribution in [0.15, 0.2) is 54.6 Å². The third-order valence-corrected chi connectivity index (χ3v) is 7.70. The molecule has 0 heterocycles. The first-order valence-electron chi connectivity index (χ1n) is 14.6. The number of alkyl carbamates (subject to hydrolysis) is 1. The highest BCUT2D eigenvalue weighted by molar-refractivity contribution is 5.93. The molecular formula is C32H43N3O5. The number of hydrogen-bond acceptors (Lipinski definition) is 5. The SMILES string of the molecule is CC(C)(C)OC(=O)NC(Cc1ccccc1)C(=O)N(C1CCC1)C(C(=O)NC1CCCCC1)c1ccccc1O. The van der Waals surface area contributed by atoms with E-state index in [4.69, 9.17) is 4.74 Å². The van der Waals surface area contributed by atoms with E-state index in [2.05, 4.69) is 10.6 Å². The second-order valence-corrected chi connectivity index (χ2v) is 12.0. The minimum atomic E-state index is -1.03. The summed E-state index contributed by atoms with van der Waals surface area (Å²) in [7, 11) is 0. The first-order chi connectivity index (χ1) is 19.1. The molecule has 40 heavy (non-hydrogen) atoms. The minimum absolute atomic E-state index is 0.0351. The van der Waals surface area contributed by atoms with Crippen molar-refractivity contribution in [2.24, 2.45) is 0 Å². The molecule has 8 nitrogen and oxygen atoms in total. The number of ether oxygens (including phenoxy) is 1. The Balaban J connectivity index is 1.70. The summed E-state index contributed by atoms with van der Waals surface area (Å²) in [4.78, 5) is 43.0. The van der Waals surface area contributed by atoms with Crippen LogP contribution in [0.5, 0.6) is 5.75 Å². The fraction of sp³-hybridized carbons (Fsp3) is 0.531. The van der Waals surface area contributed by atoms with Crippen LogP contribution in [0.1, 0.15) is 89.3 Å². The van der Waals surface area contributed by atoms with Gasteiger partial charge in [-0.05, 0) is 64.5 Å². The zero-order valence-electron chi connectivity index (χ0n) is 23.9. The Hall–Kier alpha value is -3.55. The minimum Gasteiger partial charge on any atom is -0.508 e. The van der Waals surface area contributed by atoms with Gasteiger partial charge in [-0.1, -0.05) is 67.8 Å². The first kappa shape index (κ1) is 29.4. The van der Waals surface area contributed by atoms with Crippen LogP contribution in [0.3, 0.4) is 0 Å². The monoisotopic (exact) mass is 549 g/mol. The third-order valence-electron chi connectivity index (χ3n) is 7.70. The number of phenols is 1. The summed E-state index contributed by atoms with van der Waals surface area (Å²) in [6, 6.07) is 14.0. The van der Waals surface area contributed by atoms with Crippen LogP contribution in [-0.4, -0.2) is 51.6 Å². The van der Waals surface area contributed by atoms with E-state index in [-0.39, 0.29) is 36.1 Å². The topological polar surface area (TPSA) is 108 Å². The van der Waals surface area contributed by atoms with Crippen molar-refractivity contribution < 1.29 is 24.2 Å². The van der Waals surface area contributed by atoms with E-state index < -0.39 is 23.8 Å². The number of hydrogen-bond donors (Lipinski definition) is 3. The van der Waals surface area contributed by atoms with Crippen LogP contribution in [0, 0.1) is 0 Å². The molecule has 2 aliphatic carbocycles. The average Bonchev–Trinajstić information content (AvgIpc) is 2.87. The maximum atomic E-state index is 14.5. The number of carbonyl (C=O) groups is 3. The number of benzene rings is 2. The first-order valence-corrected chi connectivity index (χ1v) is 14.6. The van der Waals surface area contributed by atoms with Crippen molar-refractivity contribution in [2.75, 3.05) is 0 Å². The molecule has 2 aromatic rings. The molecular weight excluding hydrogens is 506 g/mol. The van der Waals surface area contributed by atoms with Crippen molar-refractivity contribution in [3.8, 4) is 5.75 Å². The highest BCUT2D eigenvalue weighted by Crippen LogP contribution is 2.37. The summed E-state index contributed by atoms with van der Waals surface area (Å²) in [6.07, 6.45) is 7.03. The number of aromatic hydroxyl groups is 1. The number of para-hydroxylation sites is 1. The van der Waals surface area contributed by atoms with Crippen LogP contribution in [0.25, 0.3) is 0 Å². The lowest BCUT2D eigenvalue weighted by Gasteiger charge is -2.44. The predicted molar refractivity (Wildman–Crippen MR) is 154 cm³/mol. The Kier molecular flexibility index (Phi) is 9.71. The molecule has 0 bridgehead atoms. The Morgan fingerprint density at radius 2 is 1.57 bits per heavy atom. The van der Waals surface area contributed by atoms with Crippen molar-refractivity contribution in [2.45, 2.75) is 108 Å². The molecule has 2 unspecified atom stereocenters. The van der Waals surface area contributed by atoms with Gasteiger partial charge in [0.1, 0.15) is 23.4 Å². The maximum Gasteiger partial charge on any atom is 0.408 e. The van der Waals surface area contributed by atoms with Gasteiger partial charge in [-0.3, -0.25) is 9.59 Å². The fourth-order valence-corrected chi connectivity index (χ4v) is 5.53. The summed E-state index contributed by atoms with van der Waals surface area (Å²) in [5, 5.41) is 16.9. The molecule has 216 valence electrons. The normalized spacial score (nSPS) is 17.7. The number of nitrogens with one attached hydrogen (secondary N) is 2. The van der Waals surface area contributed by atoms with E-state index in [1.165, 1.54) is 0 Å². The summed E-state index contributed by atoms with van der Waals surface area (Å²) < 4.78 is 5.51. The van der Waals surface area contributed by atoms with Gasteiger partial charge < -0.3 is 25.4 Å². The molecule has 3 N–H and O–H groups in total. The molecule has 2 atom stereocenters. The number of carbonyl (C=O) groups excluding carboxylic acids is 3. The Labute approximate surface area is 237 Å². The van der Waals surface area contributed by atoms with Gasteiger partial charge in [-0.2, -0.15) is 0 Å². The van der Waals surface area contributed by atoms with Crippen LogP contribution >= 0.6 is 0 Å². The fourth-order valence-electron chi connectivity index (χ4n) is 5.53. The van der Waals surface area contributed by atoms with Crippen molar-refractivity contribution in [3.05, 3.63) is 65.7 Å². The second-order valence-electron chi connectivity index (χ2n) is 12.0. The van der Waals surface area contributed by atoms with Gasteiger partial charge >= 0.3 is 6.09 Å². The molecule has 0 spiro atoms. The van der Waals surface area contributed by atoms with E-state index in [0.717, 1.165) is 56.9 Å². The van der Waals surface area contributed by atoms with Gasteiger partial charge in [-0.25, -0.2) is 4.79 Å². The lowest BCUT2D eigenvalue weighted by atomic mass is 9.87. The lowest BCUT2D eigenvalue weighted by molar-refractivity contribution is -0.147. The molecule has 0 saturated heterocycles. The van der Waals surface area contributed by atoms with Crippen molar-refractivity contribution in [1.82, 2.24) is 15.5 Å². The molecule has 0 aromatic heterocycles. The van der Waals surface area contributed by atoms with E-state index in [1.807, 2.05) is 30.3 Å². The Morgan fingerprint density at radius 1 is 0.925 bits per heavy atom. The van der Waals surface area contributed by atoms with Crippen LogP contribution in [0.4, 0.5) is 4.79 Å². The van der Waals surface area contributed by atoms with Crippen LogP contribution in [-0.2, 0) is 20.7 Å². The molecule has 2 aromatic carbocycles. The van der Waals surface area contributed by atoms with E-state index in [1.54, 1.807) is 49.9 Å². The number of rotatable bonds is 9. The molecule has 0 aliphatic heterocycles. The van der Waals surface area contributed by atoms with Crippen LogP contribution in [0.2, 0.25) is 0 Å². The summed E-state index contributed by atoms with van der Waals surface area (Å²) in [5.74, 6) is -0.709. The number of nitrogens with zero attached hydrogens (tertiary/aromatic N) is 1. The van der Waals surface area contributed by atoms with Gasteiger partial charge in [0, 0.05) is 24.1 Å². The summed E-state index contributed by atoms with van der Waals surface area (Å²) >= 11 is 0. The van der Waals surface area contributed by atoms with Crippen molar-refractivity contribution in [3.63, 3.8) is 0 Å². The van der Waals surface area contributed by atoms with Crippen molar-refractivity contribution >= 4 is 17.9 Å². The highest BCUT2D eigenvalue weighted by atomic mass is 16.6. The molecule has 2 aliphatic rings. The number of phenolic OH excluding ortho intramolecular Hbond substituents is 1. The smallest absolute Gasteiger partial charge is 0.408 e. The molecule has 2 fully saturated rings. The van der Waals surface area contributed by atoms with E-state index >= 15 is 0 Å². The van der Waals surface area contributed by atoms with Gasteiger partial charge in [-0.15, -0.1) is 0 Å². The lowest BCUT2D eigenvalue weighted by Crippen LogP contribution is -2.58. The number of amides is 3. The third kappa shape index (κ3) is 7.77. The second kappa shape index (κ2) is 13.2. The van der Waals surface area contributed by atoms with Gasteiger partial charge in [0.2, 0.25) is 11.8 Å². The average molecular weight is 550 g/mol. The molecule has 4 rings (SSSR count). The predicted octanol–water partition coefficient (Wildman–Crippen LogP) is 5.40. The maximum absolute atomic E-state index is 14.5.